The first kappa shape index (κ1) is 22.5. The summed E-state index contributed by atoms with van der Waals surface area (Å²) in [5.74, 6) is -0.0583. The van der Waals surface area contributed by atoms with E-state index in [1.54, 1.807) is 12.1 Å². The number of unbranched alkanes of at least 4 members (excludes halogenated alkanes) is 1. The molecule has 0 saturated heterocycles. The number of carboxylic acid groups (broad SMARTS) is 1. The van der Waals surface area contributed by atoms with Crippen LogP contribution < -0.4 is 15.2 Å². The molecule has 8 heteroatoms. The van der Waals surface area contributed by atoms with E-state index in [2.05, 4.69) is 0 Å². The van der Waals surface area contributed by atoms with Gasteiger partial charge >= 0.3 is 12.1 Å². The Morgan fingerprint density at radius 1 is 0.931 bits per heavy atom. The van der Waals surface area contributed by atoms with Gasteiger partial charge in [0, 0.05) is 5.92 Å². The Kier molecular flexibility index (Phi) is 8.33. The van der Waals surface area contributed by atoms with Gasteiger partial charge < -0.3 is 20.3 Å². The van der Waals surface area contributed by atoms with Crippen molar-refractivity contribution in [1.29, 1.82) is 0 Å². The molecule has 1 unspecified atom stereocenters. The van der Waals surface area contributed by atoms with Crippen molar-refractivity contribution >= 4 is 5.97 Å². The van der Waals surface area contributed by atoms with Gasteiger partial charge in [0.05, 0.1) is 25.2 Å². The van der Waals surface area contributed by atoms with E-state index in [0.717, 1.165) is 17.7 Å². The van der Waals surface area contributed by atoms with Gasteiger partial charge in [-0.1, -0.05) is 12.1 Å². The molecule has 0 amide bonds. The summed E-state index contributed by atoms with van der Waals surface area (Å²) in [5.41, 5.74) is 5.78. The summed E-state index contributed by atoms with van der Waals surface area (Å²) in [6.45, 7) is 1.09. The lowest BCUT2D eigenvalue weighted by atomic mass is 9.96. The first-order valence-corrected chi connectivity index (χ1v) is 9.24. The Morgan fingerprint density at radius 2 is 1.41 bits per heavy atom. The molecule has 0 aliphatic rings. The molecule has 3 N–H and O–H groups in total. The highest BCUT2D eigenvalue weighted by atomic mass is 19.4. The number of rotatable bonds is 11. The van der Waals surface area contributed by atoms with E-state index in [0.29, 0.717) is 37.6 Å². The molecule has 29 heavy (non-hydrogen) atoms. The molecule has 0 aliphatic carbocycles. The fourth-order valence-corrected chi connectivity index (χ4v) is 2.71. The lowest BCUT2D eigenvalue weighted by molar-refractivity contribution is -0.138. The van der Waals surface area contributed by atoms with Crippen molar-refractivity contribution in [3.05, 3.63) is 59.7 Å². The number of aliphatic carboxylic acids is 1. The maximum absolute atomic E-state index is 12.5. The van der Waals surface area contributed by atoms with E-state index in [-0.39, 0.29) is 18.9 Å². The van der Waals surface area contributed by atoms with Gasteiger partial charge in [-0.25, -0.2) is 0 Å². The topological polar surface area (TPSA) is 81.8 Å². The minimum Gasteiger partial charge on any atom is -0.494 e. The predicted molar refractivity (Wildman–Crippen MR) is 102 cm³/mol. The molecular formula is C21H24F3NO4. The van der Waals surface area contributed by atoms with Crippen LogP contribution >= 0.6 is 0 Å². The highest BCUT2D eigenvalue weighted by molar-refractivity contribution is 5.68. The van der Waals surface area contributed by atoms with Crippen LogP contribution in [0.25, 0.3) is 0 Å². The third kappa shape index (κ3) is 7.65. The number of halogens is 3. The van der Waals surface area contributed by atoms with Crippen LogP contribution in [0.5, 0.6) is 11.5 Å². The van der Waals surface area contributed by atoms with E-state index >= 15 is 0 Å². The Hall–Kier alpha value is -2.74. The number of hydrogen-bond acceptors (Lipinski definition) is 4. The number of alkyl halides is 3. The van der Waals surface area contributed by atoms with Crippen LogP contribution in [0.3, 0.4) is 0 Å². The number of benzene rings is 2. The van der Waals surface area contributed by atoms with Crippen LogP contribution in [0.1, 0.15) is 36.3 Å². The van der Waals surface area contributed by atoms with E-state index in [9.17, 15) is 18.0 Å². The number of hydrogen-bond donors (Lipinski definition) is 2. The lowest BCUT2D eigenvalue weighted by Crippen LogP contribution is -2.16. The third-order valence-electron chi connectivity index (χ3n) is 4.31. The second kappa shape index (κ2) is 10.7. The Balaban J connectivity index is 1.67. The summed E-state index contributed by atoms with van der Waals surface area (Å²) in [7, 11) is 0. The Morgan fingerprint density at radius 3 is 1.83 bits per heavy atom. The fourth-order valence-electron chi connectivity index (χ4n) is 2.71. The zero-order chi connectivity index (χ0) is 21.3. The SMILES string of the molecule is NCC(CC(=O)O)c1ccc(OCCCCOc2ccc(C(F)(F)F)cc2)cc1. The molecule has 1 atom stereocenters. The molecule has 0 saturated carbocycles. The number of nitrogens with two attached hydrogens (primary N) is 1. The zero-order valence-corrected chi connectivity index (χ0v) is 15.8. The molecule has 2 aromatic rings. The van der Waals surface area contributed by atoms with E-state index in [4.69, 9.17) is 20.3 Å². The van der Waals surface area contributed by atoms with Crippen molar-refractivity contribution in [2.24, 2.45) is 5.73 Å². The standard InChI is InChI=1S/C21H24F3NO4/c22-21(23,24)17-5-9-19(10-6-17)29-12-2-1-11-28-18-7-3-15(4-8-18)16(14-25)13-20(26)27/h3-10,16H,1-2,11-14,25H2,(H,26,27). The second-order valence-corrected chi connectivity index (χ2v) is 6.53. The molecule has 0 aromatic heterocycles. The minimum absolute atomic E-state index is 0.0182. The molecule has 2 aromatic carbocycles. The summed E-state index contributed by atoms with van der Waals surface area (Å²) in [5, 5.41) is 8.90. The van der Waals surface area contributed by atoms with Crippen LogP contribution in [0.15, 0.2) is 48.5 Å². The highest BCUT2D eigenvalue weighted by Crippen LogP contribution is 2.30. The summed E-state index contributed by atoms with van der Waals surface area (Å²) >= 11 is 0. The van der Waals surface area contributed by atoms with Gasteiger partial charge in [-0.3, -0.25) is 4.79 Å². The Labute approximate surface area is 167 Å². The van der Waals surface area contributed by atoms with Crippen LogP contribution in [0.4, 0.5) is 13.2 Å². The van der Waals surface area contributed by atoms with Crippen molar-refractivity contribution in [2.45, 2.75) is 31.4 Å². The van der Waals surface area contributed by atoms with Crippen LogP contribution in [-0.4, -0.2) is 30.8 Å². The minimum atomic E-state index is -4.35. The zero-order valence-electron chi connectivity index (χ0n) is 15.8. The first-order chi connectivity index (χ1) is 13.8. The molecule has 0 bridgehead atoms. The van der Waals surface area contributed by atoms with Gasteiger partial charge in [-0.2, -0.15) is 13.2 Å². The van der Waals surface area contributed by atoms with Crippen molar-refractivity contribution in [3.63, 3.8) is 0 Å². The van der Waals surface area contributed by atoms with Crippen LogP contribution in [0, 0.1) is 0 Å². The van der Waals surface area contributed by atoms with E-state index < -0.39 is 17.7 Å². The predicted octanol–water partition coefficient (Wildman–Crippen LogP) is 4.46. The van der Waals surface area contributed by atoms with Crippen LogP contribution in [-0.2, 0) is 11.0 Å². The summed E-state index contributed by atoms with van der Waals surface area (Å²) in [6, 6.07) is 11.8. The number of carbonyl (C=O) groups is 1. The Bertz CT molecular complexity index is 761. The average molecular weight is 411 g/mol. The van der Waals surface area contributed by atoms with E-state index in [1.165, 1.54) is 12.1 Å². The maximum Gasteiger partial charge on any atom is 0.416 e. The van der Waals surface area contributed by atoms with Gasteiger partial charge in [-0.15, -0.1) is 0 Å². The lowest BCUT2D eigenvalue weighted by Gasteiger charge is -2.13. The molecule has 0 heterocycles. The van der Waals surface area contributed by atoms with Crippen molar-refractivity contribution in [2.75, 3.05) is 19.8 Å². The summed E-state index contributed by atoms with van der Waals surface area (Å²) < 4.78 is 48.6. The van der Waals surface area contributed by atoms with Crippen LogP contribution in [0.2, 0.25) is 0 Å². The van der Waals surface area contributed by atoms with Gasteiger partial charge in [0.25, 0.3) is 0 Å². The van der Waals surface area contributed by atoms with Crippen molar-refractivity contribution in [1.82, 2.24) is 0 Å². The van der Waals surface area contributed by atoms with Gasteiger partial charge in [0.1, 0.15) is 11.5 Å². The molecular weight excluding hydrogens is 387 g/mol. The molecule has 158 valence electrons. The molecule has 5 nitrogen and oxygen atoms in total. The van der Waals surface area contributed by atoms with E-state index in [1.807, 2.05) is 12.1 Å². The molecule has 2 rings (SSSR count). The quantitative estimate of drug-likeness (QED) is 0.534. The third-order valence-corrected chi connectivity index (χ3v) is 4.31. The normalized spacial score (nSPS) is 12.4. The van der Waals surface area contributed by atoms with Gasteiger partial charge in [0.15, 0.2) is 0 Å². The van der Waals surface area contributed by atoms with Crippen molar-refractivity contribution in [3.8, 4) is 11.5 Å². The fraction of sp³-hybridized carbons (Fsp3) is 0.381. The molecule has 0 fully saturated rings. The largest absolute Gasteiger partial charge is 0.494 e. The monoisotopic (exact) mass is 411 g/mol. The van der Waals surface area contributed by atoms with Gasteiger partial charge in [-0.05, 0) is 61.3 Å². The second-order valence-electron chi connectivity index (χ2n) is 6.53. The maximum atomic E-state index is 12.5. The number of ether oxygens (including phenoxy) is 2. The number of carboxylic acids is 1. The summed E-state index contributed by atoms with van der Waals surface area (Å²) in [4.78, 5) is 10.8. The van der Waals surface area contributed by atoms with Crippen molar-refractivity contribution < 1.29 is 32.5 Å². The molecule has 0 radical (unpaired) electrons. The molecule has 0 spiro atoms. The molecule has 0 aliphatic heterocycles. The first-order valence-electron chi connectivity index (χ1n) is 9.24. The van der Waals surface area contributed by atoms with Gasteiger partial charge in [0.2, 0.25) is 0 Å². The highest BCUT2D eigenvalue weighted by Gasteiger charge is 2.29. The average Bonchev–Trinajstić information content (AvgIpc) is 2.69. The smallest absolute Gasteiger partial charge is 0.416 e. The summed E-state index contributed by atoms with van der Waals surface area (Å²) in [6.07, 6.45) is -2.97.